The Bertz CT molecular complexity index is 1100. The van der Waals surface area contributed by atoms with Crippen molar-refractivity contribution < 1.29 is 9.59 Å². The summed E-state index contributed by atoms with van der Waals surface area (Å²) in [4.78, 5) is 31.4. The van der Waals surface area contributed by atoms with Crippen LogP contribution in [0, 0.1) is 13.8 Å². The smallest absolute Gasteiger partial charge is 0.150 e. The maximum Gasteiger partial charge on any atom is 0.150 e. The molecule has 0 saturated carbocycles. The van der Waals surface area contributed by atoms with Gasteiger partial charge >= 0.3 is 0 Å². The van der Waals surface area contributed by atoms with Crippen molar-refractivity contribution in [2.24, 2.45) is 0 Å². The molecule has 0 spiro atoms. The second-order valence-electron chi connectivity index (χ2n) is 6.76. The van der Waals surface area contributed by atoms with Gasteiger partial charge in [0.25, 0.3) is 0 Å². The van der Waals surface area contributed by atoms with Gasteiger partial charge in [-0.3, -0.25) is 9.59 Å². The molecule has 3 aromatic carbocycles. The van der Waals surface area contributed by atoms with Gasteiger partial charge in [0.2, 0.25) is 0 Å². The number of hydrogen-bond donors (Lipinski definition) is 0. The molecule has 4 heteroatoms. The van der Waals surface area contributed by atoms with E-state index in [9.17, 15) is 9.59 Å². The minimum atomic E-state index is 0.632. The summed E-state index contributed by atoms with van der Waals surface area (Å²) in [5, 5.41) is 0. The van der Waals surface area contributed by atoms with E-state index in [4.69, 9.17) is 9.97 Å². The molecule has 1 heterocycles. The standard InChI is InChI=1S/C24H18N2O2/c1-15-16(2)26-24-12-22(20-9-5-18(14-28)6-10-20)21(11-23(24)25-15)19-7-3-17(13-27)4-8-19/h3-14H,1-2H3. The first kappa shape index (κ1) is 17.7. The Balaban J connectivity index is 1.98. The summed E-state index contributed by atoms with van der Waals surface area (Å²) in [6.45, 7) is 3.90. The van der Waals surface area contributed by atoms with Crippen LogP contribution in [0.4, 0.5) is 0 Å². The van der Waals surface area contributed by atoms with Crippen LogP contribution in [0.1, 0.15) is 32.1 Å². The van der Waals surface area contributed by atoms with E-state index in [1.165, 1.54) is 0 Å². The topological polar surface area (TPSA) is 59.9 Å². The van der Waals surface area contributed by atoms with Crippen molar-refractivity contribution in [3.63, 3.8) is 0 Å². The fourth-order valence-corrected chi connectivity index (χ4v) is 3.24. The molecule has 0 radical (unpaired) electrons. The maximum atomic E-state index is 11.0. The maximum absolute atomic E-state index is 11.0. The van der Waals surface area contributed by atoms with Gasteiger partial charge in [0.05, 0.1) is 22.4 Å². The van der Waals surface area contributed by atoms with E-state index in [0.717, 1.165) is 57.2 Å². The van der Waals surface area contributed by atoms with Gasteiger partial charge in [-0.25, -0.2) is 9.97 Å². The Morgan fingerprint density at radius 3 is 1.29 bits per heavy atom. The van der Waals surface area contributed by atoms with Crippen molar-refractivity contribution in [1.82, 2.24) is 9.97 Å². The summed E-state index contributed by atoms with van der Waals surface area (Å²) >= 11 is 0. The number of aldehydes is 2. The first-order valence-electron chi connectivity index (χ1n) is 8.99. The Hall–Kier alpha value is -3.66. The van der Waals surface area contributed by atoms with E-state index in [-0.39, 0.29) is 0 Å². The molecule has 4 rings (SSSR count). The van der Waals surface area contributed by atoms with E-state index in [1.54, 1.807) is 24.3 Å². The van der Waals surface area contributed by atoms with Crippen LogP contribution in [0.5, 0.6) is 0 Å². The van der Waals surface area contributed by atoms with E-state index in [1.807, 2.05) is 50.2 Å². The second-order valence-corrected chi connectivity index (χ2v) is 6.76. The van der Waals surface area contributed by atoms with Gasteiger partial charge in [0.15, 0.2) is 0 Å². The Morgan fingerprint density at radius 2 is 0.964 bits per heavy atom. The van der Waals surface area contributed by atoms with Crippen LogP contribution in [-0.4, -0.2) is 22.5 Å². The number of carbonyl (C=O) groups excluding carboxylic acids is 2. The molecule has 0 fully saturated rings. The lowest BCUT2D eigenvalue weighted by molar-refractivity contribution is 0.111. The van der Waals surface area contributed by atoms with Gasteiger partial charge in [0.1, 0.15) is 12.6 Å². The molecule has 1 aromatic heterocycles. The monoisotopic (exact) mass is 366 g/mol. The third-order valence-corrected chi connectivity index (χ3v) is 4.93. The van der Waals surface area contributed by atoms with E-state index >= 15 is 0 Å². The van der Waals surface area contributed by atoms with Crippen molar-refractivity contribution >= 4 is 23.6 Å². The zero-order valence-electron chi connectivity index (χ0n) is 15.6. The van der Waals surface area contributed by atoms with Crippen LogP contribution in [0.25, 0.3) is 33.3 Å². The van der Waals surface area contributed by atoms with Crippen LogP contribution >= 0.6 is 0 Å². The summed E-state index contributed by atoms with van der Waals surface area (Å²) in [7, 11) is 0. The van der Waals surface area contributed by atoms with Gasteiger partial charge in [-0.1, -0.05) is 48.5 Å². The van der Waals surface area contributed by atoms with Gasteiger partial charge < -0.3 is 0 Å². The highest BCUT2D eigenvalue weighted by atomic mass is 16.1. The third-order valence-electron chi connectivity index (χ3n) is 4.93. The van der Waals surface area contributed by atoms with E-state index < -0.39 is 0 Å². The Labute approximate surface area is 162 Å². The zero-order valence-corrected chi connectivity index (χ0v) is 15.6. The second kappa shape index (κ2) is 7.16. The molecule has 0 atom stereocenters. The minimum absolute atomic E-state index is 0.632. The van der Waals surface area contributed by atoms with Crippen LogP contribution in [0.2, 0.25) is 0 Å². The van der Waals surface area contributed by atoms with Crippen molar-refractivity contribution in [3.8, 4) is 22.3 Å². The summed E-state index contributed by atoms with van der Waals surface area (Å²) in [6, 6.07) is 19.0. The largest absolute Gasteiger partial charge is 0.298 e. The first-order chi connectivity index (χ1) is 13.6. The number of fused-ring (bicyclic) bond motifs is 1. The van der Waals surface area contributed by atoms with Gasteiger partial charge in [0, 0.05) is 11.1 Å². The highest BCUT2D eigenvalue weighted by molar-refractivity contribution is 5.94. The highest BCUT2D eigenvalue weighted by Crippen LogP contribution is 2.35. The number of carbonyl (C=O) groups is 2. The highest BCUT2D eigenvalue weighted by Gasteiger charge is 2.12. The van der Waals surface area contributed by atoms with Crippen LogP contribution < -0.4 is 0 Å². The number of benzene rings is 3. The molecule has 0 bridgehead atoms. The molecule has 0 aliphatic carbocycles. The fraction of sp³-hybridized carbons (Fsp3) is 0.0833. The van der Waals surface area contributed by atoms with Crippen molar-refractivity contribution in [2.75, 3.05) is 0 Å². The quantitative estimate of drug-likeness (QED) is 0.466. The van der Waals surface area contributed by atoms with Crippen molar-refractivity contribution in [2.45, 2.75) is 13.8 Å². The van der Waals surface area contributed by atoms with Crippen molar-refractivity contribution in [1.29, 1.82) is 0 Å². The number of aryl methyl sites for hydroxylation is 2. The molecule has 0 N–H and O–H groups in total. The van der Waals surface area contributed by atoms with Gasteiger partial charge in [-0.05, 0) is 48.2 Å². The molecule has 0 unspecified atom stereocenters. The lowest BCUT2D eigenvalue weighted by atomic mass is 9.93. The average molecular weight is 366 g/mol. The van der Waals surface area contributed by atoms with Crippen molar-refractivity contribution in [3.05, 3.63) is 83.2 Å². The molecule has 136 valence electrons. The predicted molar refractivity (Wildman–Crippen MR) is 111 cm³/mol. The Kier molecular flexibility index (Phi) is 4.53. The van der Waals surface area contributed by atoms with E-state index in [2.05, 4.69) is 0 Å². The summed E-state index contributed by atoms with van der Waals surface area (Å²) in [6.07, 6.45) is 1.67. The fourth-order valence-electron chi connectivity index (χ4n) is 3.24. The molecule has 0 aliphatic rings. The summed E-state index contributed by atoms with van der Waals surface area (Å²) < 4.78 is 0. The van der Waals surface area contributed by atoms with Crippen LogP contribution in [0.3, 0.4) is 0 Å². The van der Waals surface area contributed by atoms with Crippen LogP contribution in [-0.2, 0) is 0 Å². The number of rotatable bonds is 4. The Morgan fingerprint density at radius 1 is 0.607 bits per heavy atom. The molecule has 0 aliphatic heterocycles. The molecular weight excluding hydrogens is 348 g/mol. The predicted octanol–water partition coefficient (Wildman–Crippen LogP) is 5.21. The average Bonchev–Trinajstić information content (AvgIpc) is 2.74. The number of aromatic nitrogens is 2. The van der Waals surface area contributed by atoms with Gasteiger partial charge in [-0.2, -0.15) is 0 Å². The van der Waals surface area contributed by atoms with E-state index in [0.29, 0.717) is 11.1 Å². The lowest BCUT2D eigenvalue weighted by Gasteiger charge is -2.13. The SMILES string of the molecule is Cc1nc2cc(-c3ccc(C=O)cc3)c(-c3ccc(C=O)cc3)cc2nc1C. The molecule has 0 amide bonds. The zero-order chi connectivity index (χ0) is 19.7. The summed E-state index contributed by atoms with van der Waals surface area (Å²) in [5.74, 6) is 0. The molecule has 28 heavy (non-hydrogen) atoms. The molecular formula is C24H18N2O2. The lowest BCUT2D eigenvalue weighted by Crippen LogP contribution is -1.96. The number of hydrogen-bond acceptors (Lipinski definition) is 4. The first-order valence-corrected chi connectivity index (χ1v) is 8.99. The normalized spacial score (nSPS) is 10.8. The third kappa shape index (κ3) is 3.21. The molecule has 0 saturated heterocycles. The number of nitrogens with zero attached hydrogens (tertiary/aromatic N) is 2. The minimum Gasteiger partial charge on any atom is -0.298 e. The summed E-state index contributed by atoms with van der Waals surface area (Å²) in [5.41, 5.74) is 8.69. The molecule has 4 aromatic rings. The molecule has 4 nitrogen and oxygen atoms in total. The van der Waals surface area contributed by atoms with Crippen LogP contribution in [0.15, 0.2) is 60.7 Å². The van der Waals surface area contributed by atoms with Gasteiger partial charge in [-0.15, -0.1) is 0 Å².